The highest BCUT2D eigenvalue weighted by atomic mass is 16.5. The van der Waals surface area contributed by atoms with E-state index in [1.807, 2.05) is 24.3 Å². The normalized spacial score (nSPS) is 14.5. The average molecular weight is 409 g/mol. The number of ether oxygens (including phenoxy) is 3. The summed E-state index contributed by atoms with van der Waals surface area (Å²) in [4.78, 5) is 27.2. The van der Waals surface area contributed by atoms with Crippen molar-refractivity contribution < 1.29 is 19.0 Å². The van der Waals surface area contributed by atoms with Gasteiger partial charge in [0.15, 0.2) is 17.2 Å². The van der Waals surface area contributed by atoms with Crippen LogP contribution in [0.3, 0.4) is 0 Å². The molecule has 1 amide bonds. The zero-order chi connectivity index (χ0) is 21.1. The molecule has 1 saturated heterocycles. The van der Waals surface area contributed by atoms with Gasteiger partial charge in [-0.05, 0) is 24.3 Å². The van der Waals surface area contributed by atoms with Gasteiger partial charge in [0.1, 0.15) is 6.10 Å². The zero-order valence-electron chi connectivity index (χ0n) is 16.9. The van der Waals surface area contributed by atoms with E-state index in [-0.39, 0.29) is 23.1 Å². The van der Waals surface area contributed by atoms with Gasteiger partial charge in [0.25, 0.3) is 5.91 Å². The van der Waals surface area contributed by atoms with E-state index in [1.54, 1.807) is 37.3 Å². The molecule has 1 N–H and O–H groups in total. The van der Waals surface area contributed by atoms with E-state index in [1.165, 1.54) is 0 Å². The Bertz CT molecular complexity index is 1100. The van der Waals surface area contributed by atoms with Gasteiger partial charge in [-0.25, -0.2) is 0 Å². The second kappa shape index (κ2) is 8.44. The summed E-state index contributed by atoms with van der Waals surface area (Å²) in [7, 11) is 3.16. The topological polar surface area (TPSA) is 93.8 Å². The predicted octanol–water partition coefficient (Wildman–Crippen LogP) is 2.62. The number of amides is 1. The van der Waals surface area contributed by atoms with Crippen LogP contribution in [0.4, 0.5) is 0 Å². The standard InChI is InChI=1S/C22H23N3O5/c1-28-17-8-5-9-18(29-2)21(17)30-14-10-12-25(13-11-14)22(27)19-20(26)15-6-3-4-7-16(15)23-24-19/h3-9,14H,10-13H2,1-2H3,(H,23,26). The minimum Gasteiger partial charge on any atom is -0.493 e. The Labute approximate surface area is 173 Å². The van der Waals surface area contributed by atoms with Crippen molar-refractivity contribution in [2.24, 2.45) is 0 Å². The third-order valence-corrected chi connectivity index (χ3v) is 5.27. The minimum atomic E-state index is -0.365. The van der Waals surface area contributed by atoms with Crippen LogP contribution < -0.4 is 19.6 Å². The third-order valence-electron chi connectivity index (χ3n) is 5.27. The Kier molecular flexibility index (Phi) is 5.56. The zero-order valence-corrected chi connectivity index (χ0v) is 16.9. The minimum absolute atomic E-state index is 0.0838. The van der Waals surface area contributed by atoms with Crippen molar-refractivity contribution >= 4 is 16.8 Å². The molecule has 0 bridgehead atoms. The molecule has 1 aliphatic rings. The van der Waals surface area contributed by atoms with Gasteiger partial charge in [-0.2, -0.15) is 5.10 Å². The highest BCUT2D eigenvalue weighted by Gasteiger charge is 2.28. The van der Waals surface area contributed by atoms with Gasteiger partial charge in [-0.15, -0.1) is 0 Å². The number of hydrogen-bond donors (Lipinski definition) is 1. The number of hydrogen-bond acceptors (Lipinski definition) is 6. The first-order chi connectivity index (χ1) is 14.6. The monoisotopic (exact) mass is 409 g/mol. The van der Waals surface area contributed by atoms with Gasteiger partial charge in [0.05, 0.1) is 19.7 Å². The summed E-state index contributed by atoms with van der Waals surface area (Å²) in [6.07, 6.45) is 1.15. The van der Waals surface area contributed by atoms with E-state index in [9.17, 15) is 9.59 Å². The maximum Gasteiger partial charge on any atom is 0.278 e. The van der Waals surface area contributed by atoms with Crippen molar-refractivity contribution in [1.29, 1.82) is 0 Å². The van der Waals surface area contributed by atoms with Crippen LogP contribution in [-0.2, 0) is 0 Å². The number of piperidine rings is 1. The van der Waals surface area contributed by atoms with E-state index in [4.69, 9.17) is 14.2 Å². The SMILES string of the molecule is COc1cccc(OC)c1OC1CCN(C(=O)c2n[nH]c3ccccc3c2=O)CC1. The molecule has 8 heteroatoms. The number of rotatable bonds is 5. The first kappa shape index (κ1) is 19.8. The third kappa shape index (κ3) is 3.68. The molecule has 0 saturated carbocycles. The van der Waals surface area contributed by atoms with Crippen molar-refractivity contribution in [3.05, 3.63) is 58.4 Å². The number of aromatic amines is 1. The molecule has 0 radical (unpaired) electrons. The van der Waals surface area contributed by atoms with Gasteiger partial charge in [-0.1, -0.05) is 18.2 Å². The van der Waals surface area contributed by atoms with Crippen molar-refractivity contribution in [3.8, 4) is 17.2 Å². The van der Waals surface area contributed by atoms with E-state index in [0.29, 0.717) is 54.1 Å². The summed E-state index contributed by atoms with van der Waals surface area (Å²) >= 11 is 0. The number of methoxy groups -OCH3 is 2. The van der Waals surface area contributed by atoms with Crippen molar-refractivity contribution in [1.82, 2.24) is 15.1 Å². The largest absolute Gasteiger partial charge is 0.493 e. The van der Waals surface area contributed by atoms with E-state index in [2.05, 4.69) is 10.2 Å². The van der Waals surface area contributed by atoms with Crippen LogP contribution in [0.1, 0.15) is 23.3 Å². The first-order valence-electron chi connectivity index (χ1n) is 9.76. The van der Waals surface area contributed by atoms with E-state index < -0.39 is 0 Å². The molecule has 2 heterocycles. The molecule has 8 nitrogen and oxygen atoms in total. The number of fused-ring (bicyclic) bond motifs is 1. The molecular formula is C22H23N3O5. The lowest BCUT2D eigenvalue weighted by atomic mass is 10.1. The van der Waals surface area contributed by atoms with Crippen LogP contribution in [-0.4, -0.2) is 54.4 Å². The first-order valence-corrected chi connectivity index (χ1v) is 9.76. The van der Waals surface area contributed by atoms with Crippen LogP contribution in [0.25, 0.3) is 10.9 Å². The lowest BCUT2D eigenvalue weighted by Gasteiger charge is -2.32. The molecule has 2 aromatic carbocycles. The highest BCUT2D eigenvalue weighted by Crippen LogP contribution is 2.38. The molecule has 4 rings (SSSR count). The van der Waals surface area contributed by atoms with E-state index >= 15 is 0 Å². The molecule has 0 unspecified atom stereocenters. The molecular weight excluding hydrogens is 386 g/mol. The highest BCUT2D eigenvalue weighted by molar-refractivity contribution is 5.95. The molecule has 156 valence electrons. The van der Waals surface area contributed by atoms with Gasteiger partial charge >= 0.3 is 0 Å². The summed E-state index contributed by atoms with van der Waals surface area (Å²) in [6, 6.07) is 12.5. The second-order valence-electron chi connectivity index (χ2n) is 7.05. The fraction of sp³-hybridized carbons (Fsp3) is 0.318. The number of H-pyrrole nitrogens is 1. The number of nitrogens with zero attached hydrogens (tertiary/aromatic N) is 2. The lowest BCUT2D eigenvalue weighted by Crippen LogP contribution is -2.43. The summed E-state index contributed by atoms with van der Waals surface area (Å²) in [5.41, 5.74) is 0.169. The molecule has 3 aromatic rings. The maximum atomic E-state index is 12.9. The number of carbonyl (C=O) groups is 1. The van der Waals surface area contributed by atoms with Crippen LogP contribution in [0.5, 0.6) is 17.2 Å². The smallest absolute Gasteiger partial charge is 0.278 e. The molecule has 1 aromatic heterocycles. The number of nitrogens with one attached hydrogen (secondary N) is 1. The molecule has 30 heavy (non-hydrogen) atoms. The van der Waals surface area contributed by atoms with Crippen molar-refractivity contribution in [2.45, 2.75) is 18.9 Å². The molecule has 0 aliphatic carbocycles. The fourth-order valence-corrected chi connectivity index (χ4v) is 3.64. The number of benzene rings is 2. The van der Waals surface area contributed by atoms with Crippen LogP contribution in [0.2, 0.25) is 0 Å². The lowest BCUT2D eigenvalue weighted by molar-refractivity contribution is 0.0577. The number of likely N-dealkylation sites (tertiary alicyclic amines) is 1. The molecule has 0 spiro atoms. The molecule has 0 atom stereocenters. The molecule has 1 aliphatic heterocycles. The maximum absolute atomic E-state index is 12.9. The van der Waals surface area contributed by atoms with Crippen LogP contribution in [0, 0.1) is 0 Å². The fourth-order valence-electron chi connectivity index (χ4n) is 3.64. The Morgan fingerprint density at radius 2 is 1.70 bits per heavy atom. The second-order valence-corrected chi connectivity index (χ2v) is 7.05. The van der Waals surface area contributed by atoms with Gasteiger partial charge in [-0.3, -0.25) is 14.7 Å². The number of aromatic nitrogens is 2. The summed E-state index contributed by atoms with van der Waals surface area (Å²) in [5.74, 6) is 1.38. The summed E-state index contributed by atoms with van der Waals surface area (Å²) in [6.45, 7) is 0.934. The average Bonchev–Trinajstić information content (AvgIpc) is 2.79. The Balaban J connectivity index is 1.46. The van der Waals surface area contributed by atoms with Gasteiger partial charge < -0.3 is 19.1 Å². The quantitative estimate of drug-likeness (QED) is 0.696. The van der Waals surface area contributed by atoms with Gasteiger partial charge in [0.2, 0.25) is 11.2 Å². The number of para-hydroxylation sites is 2. The Morgan fingerprint density at radius 3 is 2.37 bits per heavy atom. The summed E-state index contributed by atoms with van der Waals surface area (Å²) in [5, 5.41) is 7.27. The van der Waals surface area contributed by atoms with Crippen LogP contribution >= 0.6 is 0 Å². The van der Waals surface area contributed by atoms with Gasteiger partial charge in [0, 0.05) is 31.3 Å². The van der Waals surface area contributed by atoms with Crippen molar-refractivity contribution in [3.63, 3.8) is 0 Å². The van der Waals surface area contributed by atoms with E-state index in [0.717, 1.165) is 0 Å². The Morgan fingerprint density at radius 1 is 1.03 bits per heavy atom. The number of carbonyl (C=O) groups excluding carboxylic acids is 1. The predicted molar refractivity (Wildman–Crippen MR) is 111 cm³/mol. The van der Waals surface area contributed by atoms with Crippen molar-refractivity contribution in [2.75, 3.05) is 27.3 Å². The van der Waals surface area contributed by atoms with Crippen LogP contribution in [0.15, 0.2) is 47.3 Å². The Hall–Kier alpha value is -3.55. The molecule has 1 fully saturated rings. The summed E-state index contributed by atoms with van der Waals surface area (Å²) < 4.78 is 16.9.